The standard InChI is InChI=1S/C20H28BrN5O.HI/c1-5-22-20(24-14-16-9-8-12-19(25-16)26(3)4)23-13-15(2)27-18-11-7-6-10-17(18)21;/h6-12,15H,5,13-14H2,1-4H3,(H2,22,23,24);1H. The number of ether oxygens (including phenoxy) is 1. The van der Waals surface area contributed by atoms with E-state index in [0.717, 1.165) is 34.2 Å². The van der Waals surface area contributed by atoms with Crippen molar-refractivity contribution in [2.24, 2.45) is 4.99 Å². The van der Waals surface area contributed by atoms with E-state index in [2.05, 4.69) is 36.5 Å². The molecule has 0 fully saturated rings. The highest BCUT2D eigenvalue weighted by atomic mass is 127. The van der Waals surface area contributed by atoms with Gasteiger partial charge >= 0.3 is 0 Å². The van der Waals surface area contributed by atoms with Crippen molar-refractivity contribution >= 4 is 51.7 Å². The van der Waals surface area contributed by atoms with Crippen molar-refractivity contribution in [3.63, 3.8) is 0 Å². The third kappa shape index (κ3) is 8.22. The molecule has 1 unspecified atom stereocenters. The van der Waals surface area contributed by atoms with Crippen LogP contribution in [0.3, 0.4) is 0 Å². The second kappa shape index (κ2) is 12.8. The number of hydrogen-bond donors (Lipinski definition) is 2. The average Bonchev–Trinajstić information content (AvgIpc) is 2.66. The van der Waals surface area contributed by atoms with Crippen molar-refractivity contribution in [1.29, 1.82) is 0 Å². The minimum Gasteiger partial charge on any atom is -0.488 e. The van der Waals surface area contributed by atoms with Crippen LogP contribution < -0.4 is 20.3 Å². The highest BCUT2D eigenvalue weighted by Gasteiger charge is 2.08. The molecule has 0 aliphatic heterocycles. The monoisotopic (exact) mass is 561 g/mol. The first kappa shape index (κ1) is 24.5. The fourth-order valence-electron chi connectivity index (χ4n) is 2.34. The molecule has 1 aromatic heterocycles. The molecule has 28 heavy (non-hydrogen) atoms. The van der Waals surface area contributed by atoms with Crippen molar-refractivity contribution < 1.29 is 4.74 Å². The SMILES string of the molecule is CCNC(=NCc1cccc(N(C)C)n1)NCC(C)Oc1ccccc1Br.I. The topological polar surface area (TPSA) is 61.8 Å². The minimum atomic E-state index is -0.0113. The predicted octanol–water partition coefficient (Wildman–Crippen LogP) is 4.05. The average molecular weight is 562 g/mol. The molecule has 0 aliphatic carbocycles. The summed E-state index contributed by atoms with van der Waals surface area (Å²) in [4.78, 5) is 11.2. The van der Waals surface area contributed by atoms with Crippen molar-refractivity contribution in [3.8, 4) is 5.75 Å². The Balaban J connectivity index is 0.00000392. The molecule has 0 amide bonds. The van der Waals surface area contributed by atoms with E-state index in [9.17, 15) is 0 Å². The van der Waals surface area contributed by atoms with Gasteiger partial charge in [0.05, 0.1) is 23.3 Å². The zero-order valence-electron chi connectivity index (χ0n) is 16.8. The summed E-state index contributed by atoms with van der Waals surface area (Å²) in [7, 11) is 3.96. The van der Waals surface area contributed by atoms with Crippen LogP contribution in [-0.4, -0.2) is 44.2 Å². The van der Waals surface area contributed by atoms with Gasteiger partial charge in [-0.3, -0.25) is 0 Å². The normalized spacial score (nSPS) is 12.0. The molecule has 1 heterocycles. The van der Waals surface area contributed by atoms with E-state index in [0.29, 0.717) is 13.1 Å². The third-order valence-electron chi connectivity index (χ3n) is 3.72. The van der Waals surface area contributed by atoms with Gasteiger partial charge in [0.1, 0.15) is 17.7 Å². The summed E-state index contributed by atoms with van der Waals surface area (Å²) in [5.41, 5.74) is 0.927. The zero-order valence-corrected chi connectivity index (χ0v) is 20.7. The van der Waals surface area contributed by atoms with Crippen LogP contribution in [0.1, 0.15) is 19.5 Å². The third-order valence-corrected chi connectivity index (χ3v) is 4.37. The van der Waals surface area contributed by atoms with Gasteiger partial charge in [-0.2, -0.15) is 0 Å². The summed E-state index contributed by atoms with van der Waals surface area (Å²) in [5.74, 6) is 2.51. The molecule has 0 aliphatic rings. The predicted molar refractivity (Wildman–Crippen MR) is 131 cm³/mol. The summed E-state index contributed by atoms with van der Waals surface area (Å²) < 4.78 is 6.92. The molecular weight excluding hydrogens is 533 g/mol. The van der Waals surface area contributed by atoms with Gasteiger partial charge in [0.2, 0.25) is 0 Å². The van der Waals surface area contributed by atoms with E-state index in [1.165, 1.54) is 0 Å². The first-order valence-corrected chi connectivity index (χ1v) is 9.85. The Bertz CT molecular complexity index is 757. The number of pyridine rings is 1. The smallest absolute Gasteiger partial charge is 0.191 e. The van der Waals surface area contributed by atoms with E-state index < -0.39 is 0 Å². The molecule has 1 atom stereocenters. The van der Waals surface area contributed by atoms with Crippen LogP contribution >= 0.6 is 39.9 Å². The van der Waals surface area contributed by atoms with Crippen LogP contribution in [0.5, 0.6) is 5.75 Å². The van der Waals surface area contributed by atoms with E-state index in [4.69, 9.17) is 4.74 Å². The Hall–Kier alpha value is -1.55. The van der Waals surface area contributed by atoms with Gasteiger partial charge in [-0.25, -0.2) is 9.98 Å². The van der Waals surface area contributed by atoms with Crippen LogP contribution in [0.4, 0.5) is 5.82 Å². The summed E-state index contributed by atoms with van der Waals surface area (Å²) in [6.07, 6.45) is -0.0113. The molecule has 0 bridgehead atoms. The molecule has 1 aromatic carbocycles. The molecule has 2 aromatic rings. The number of nitrogens with zero attached hydrogens (tertiary/aromatic N) is 3. The number of hydrogen-bond acceptors (Lipinski definition) is 4. The summed E-state index contributed by atoms with van der Waals surface area (Å²) in [6.45, 7) is 6.01. The van der Waals surface area contributed by atoms with Crippen molar-refractivity contribution in [3.05, 3.63) is 52.6 Å². The second-order valence-electron chi connectivity index (χ2n) is 6.32. The fourth-order valence-corrected chi connectivity index (χ4v) is 2.72. The van der Waals surface area contributed by atoms with Gasteiger partial charge in [-0.1, -0.05) is 18.2 Å². The Morgan fingerprint density at radius 1 is 1.18 bits per heavy atom. The molecular formula is C20H29BrIN5O. The van der Waals surface area contributed by atoms with E-state index in [1.807, 2.05) is 75.3 Å². The van der Waals surface area contributed by atoms with Crippen LogP contribution in [-0.2, 0) is 6.54 Å². The lowest BCUT2D eigenvalue weighted by Gasteiger charge is -2.18. The molecule has 6 nitrogen and oxygen atoms in total. The number of aromatic nitrogens is 1. The Morgan fingerprint density at radius 3 is 2.61 bits per heavy atom. The van der Waals surface area contributed by atoms with E-state index in [1.54, 1.807) is 0 Å². The lowest BCUT2D eigenvalue weighted by molar-refractivity contribution is 0.222. The van der Waals surface area contributed by atoms with Gasteiger partial charge in [0, 0.05) is 20.6 Å². The largest absolute Gasteiger partial charge is 0.488 e. The van der Waals surface area contributed by atoms with Gasteiger partial charge in [0.15, 0.2) is 5.96 Å². The Morgan fingerprint density at radius 2 is 1.93 bits per heavy atom. The molecule has 0 radical (unpaired) electrons. The number of anilines is 1. The highest BCUT2D eigenvalue weighted by Crippen LogP contribution is 2.24. The van der Waals surface area contributed by atoms with Crippen LogP contribution in [0.15, 0.2) is 51.9 Å². The molecule has 8 heteroatoms. The molecule has 154 valence electrons. The van der Waals surface area contributed by atoms with E-state index >= 15 is 0 Å². The zero-order chi connectivity index (χ0) is 19.6. The molecule has 0 saturated carbocycles. The maximum absolute atomic E-state index is 5.97. The van der Waals surface area contributed by atoms with E-state index in [-0.39, 0.29) is 30.1 Å². The number of benzene rings is 1. The van der Waals surface area contributed by atoms with Gasteiger partial charge in [-0.05, 0) is 54.0 Å². The number of guanidine groups is 1. The summed E-state index contributed by atoms with van der Waals surface area (Å²) >= 11 is 3.50. The lowest BCUT2D eigenvalue weighted by Crippen LogP contribution is -2.41. The number of para-hydroxylation sites is 1. The molecule has 0 spiro atoms. The van der Waals surface area contributed by atoms with Crippen LogP contribution in [0.2, 0.25) is 0 Å². The first-order chi connectivity index (χ1) is 13.0. The highest BCUT2D eigenvalue weighted by molar-refractivity contribution is 14.0. The minimum absolute atomic E-state index is 0. The van der Waals surface area contributed by atoms with Gasteiger partial charge in [-0.15, -0.1) is 24.0 Å². The maximum atomic E-state index is 5.97. The molecule has 2 N–H and O–H groups in total. The van der Waals surface area contributed by atoms with Crippen LogP contribution in [0.25, 0.3) is 0 Å². The number of rotatable bonds is 8. The molecule has 0 saturated heterocycles. The quantitative estimate of drug-likeness (QED) is 0.289. The van der Waals surface area contributed by atoms with Gasteiger partial charge in [0.25, 0.3) is 0 Å². The summed E-state index contributed by atoms with van der Waals surface area (Å²) in [6, 6.07) is 13.8. The number of aliphatic imine (C=N–C) groups is 1. The number of nitrogens with one attached hydrogen (secondary N) is 2. The lowest BCUT2D eigenvalue weighted by atomic mass is 10.3. The molecule has 2 rings (SSSR count). The fraction of sp³-hybridized carbons (Fsp3) is 0.400. The second-order valence-corrected chi connectivity index (χ2v) is 7.17. The van der Waals surface area contributed by atoms with Crippen molar-refractivity contribution in [2.75, 3.05) is 32.1 Å². The Kier molecular flexibility index (Phi) is 11.2. The maximum Gasteiger partial charge on any atom is 0.191 e. The number of halogens is 2. The summed E-state index contributed by atoms with van der Waals surface area (Å²) in [5, 5.41) is 6.58. The van der Waals surface area contributed by atoms with Crippen LogP contribution in [0, 0.1) is 0 Å². The van der Waals surface area contributed by atoms with Crippen molar-refractivity contribution in [2.45, 2.75) is 26.5 Å². The Labute approximate surface area is 193 Å². The van der Waals surface area contributed by atoms with Gasteiger partial charge < -0.3 is 20.3 Å². The first-order valence-electron chi connectivity index (χ1n) is 9.06. The van der Waals surface area contributed by atoms with Crippen molar-refractivity contribution in [1.82, 2.24) is 15.6 Å².